The molecule has 4 unspecified atom stereocenters. The molecule has 0 radical (unpaired) electrons. The Morgan fingerprint density at radius 1 is 1.03 bits per heavy atom. The van der Waals surface area contributed by atoms with Crippen molar-refractivity contribution in [3.8, 4) is 23.0 Å². The zero-order valence-electron chi connectivity index (χ0n) is 19.8. The summed E-state index contributed by atoms with van der Waals surface area (Å²) in [6.07, 6.45) is 6.80. The van der Waals surface area contributed by atoms with Crippen molar-refractivity contribution in [3.63, 3.8) is 0 Å². The maximum Gasteiger partial charge on any atom is 0.203 e. The van der Waals surface area contributed by atoms with Gasteiger partial charge in [0.05, 0.1) is 21.3 Å². The van der Waals surface area contributed by atoms with Crippen LogP contribution in [0.4, 0.5) is 0 Å². The van der Waals surface area contributed by atoms with Gasteiger partial charge in [0.25, 0.3) is 0 Å². The Hall–Kier alpha value is -2.95. The van der Waals surface area contributed by atoms with E-state index in [9.17, 15) is 9.90 Å². The van der Waals surface area contributed by atoms with Crippen molar-refractivity contribution in [1.29, 1.82) is 0 Å². The summed E-state index contributed by atoms with van der Waals surface area (Å²) in [7, 11) is 4.79. The lowest BCUT2D eigenvalue weighted by molar-refractivity contribution is -0.127. The van der Waals surface area contributed by atoms with Crippen molar-refractivity contribution in [2.24, 2.45) is 17.3 Å². The Morgan fingerprint density at radius 3 is 2.42 bits per heavy atom. The maximum atomic E-state index is 13.7. The van der Waals surface area contributed by atoms with E-state index in [4.69, 9.17) is 14.2 Å². The number of aromatic hydroxyl groups is 1. The molecule has 5 rings (SSSR count). The lowest BCUT2D eigenvalue weighted by atomic mass is 9.55. The Labute approximate surface area is 195 Å². The summed E-state index contributed by atoms with van der Waals surface area (Å²) in [6, 6.07) is 9.64. The van der Waals surface area contributed by atoms with E-state index in [1.165, 1.54) is 11.1 Å². The van der Waals surface area contributed by atoms with Gasteiger partial charge in [0.2, 0.25) is 5.75 Å². The Kier molecular flexibility index (Phi) is 5.38. The average Bonchev–Trinajstić information content (AvgIpc) is 3.08. The van der Waals surface area contributed by atoms with Crippen LogP contribution in [0.25, 0.3) is 6.08 Å². The van der Waals surface area contributed by atoms with Crippen LogP contribution >= 0.6 is 0 Å². The SMILES string of the molecule is COc1cc(/C=C2/CC3C4CCc5cc(O)ccc5C4CCC3(C)C2=O)cc(OC)c1OC. The molecule has 0 bridgehead atoms. The van der Waals surface area contributed by atoms with Crippen LogP contribution in [0.2, 0.25) is 0 Å². The number of hydrogen-bond acceptors (Lipinski definition) is 5. The van der Waals surface area contributed by atoms with E-state index in [1.54, 1.807) is 21.3 Å². The average molecular weight is 449 g/mol. The molecule has 2 aromatic rings. The monoisotopic (exact) mass is 448 g/mol. The van der Waals surface area contributed by atoms with Crippen LogP contribution in [-0.2, 0) is 11.2 Å². The number of benzene rings is 2. The highest BCUT2D eigenvalue weighted by molar-refractivity contribution is 6.06. The molecule has 0 spiro atoms. The van der Waals surface area contributed by atoms with Crippen LogP contribution < -0.4 is 14.2 Å². The number of carbonyl (C=O) groups excluding carboxylic acids is 1. The second kappa shape index (κ2) is 8.12. The van der Waals surface area contributed by atoms with Gasteiger partial charge in [-0.05, 0) is 102 Å². The molecule has 4 atom stereocenters. The highest BCUT2D eigenvalue weighted by Crippen LogP contribution is 2.61. The molecular weight excluding hydrogens is 416 g/mol. The first-order chi connectivity index (χ1) is 15.9. The van der Waals surface area contributed by atoms with Gasteiger partial charge in [0.15, 0.2) is 17.3 Å². The van der Waals surface area contributed by atoms with Gasteiger partial charge in [-0.1, -0.05) is 13.0 Å². The highest BCUT2D eigenvalue weighted by atomic mass is 16.5. The number of methoxy groups -OCH3 is 3. The predicted molar refractivity (Wildman–Crippen MR) is 127 cm³/mol. The predicted octanol–water partition coefficient (Wildman–Crippen LogP) is 5.54. The fourth-order valence-electron chi connectivity index (χ4n) is 6.75. The van der Waals surface area contributed by atoms with E-state index in [2.05, 4.69) is 13.0 Å². The third kappa shape index (κ3) is 3.40. The first-order valence-corrected chi connectivity index (χ1v) is 11.8. The van der Waals surface area contributed by atoms with Crippen LogP contribution in [-0.4, -0.2) is 32.2 Å². The number of ether oxygens (including phenoxy) is 3. The summed E-state index contributed by atoms with van der Waals surface area (Å²) in [5, 5.41) is 9.91. The number of ketones is 1. The first kappa shape index (κ1) is 21.9. The van der Waals surface area contributed by atoms with Gasteiger partial charge in [-0.25, -0.2) is 0 Å². The minimum atomic E-state index is -0.304. The molecule has 0 aliphatic heterocycles. The van der Waals surface area contributed by atoms with Crippen molar-refractivity contribution in [2.45, 2.75) is 44.9 Å². The quantitative estimate of drug-likeness (QED) is 0.623. The zero-order chi connectivity index (χ0) is 23.3. The number of allylic oxidation sites excluding steroid dienone is 1. The second-order valence-electron chi connectivity index (χ2n) is 9.92. The molecule has 2 fully saturated rings. The van der Waals surface area contributed by atoms with E-state index in [1.807, 2.05) is 30.3 Å². The largest absolute Gasteiger partial charge is 0.508 e. The standard InChI is InChI=1S/C28H32O5/c1-28-10-9-21-20-8-6-19(29)14-17(20)5-7-22(21)23(28)15-18(27(28)30)11-16-12-24(31-2)26(33-4)25(13-16)32-3/h6,8,11-14,21-23,29H,5,7,9-10,15H2,1-4H3/b18-11-. The molecule has 5 heteroatoms. The summed E-state index contributed by atoms with van der Waals surface area (Å²) in [5.41, 5.74) is 4.13. The first-order valence-electron chi connectivity index (χ1n) is 11.8. The fourth-order valence-corrected chi connectivity index (χ4v) is 6.75. The Balaban J connectivity index is 1.49. The number of phenols is 1. The van der Waals surface area contributed by atoms with Gasteiger partial charge >= 0.3 is 0 Å². The molecule has 2 aromatic carbocycles. The normalized spacial score (nSPS) is 29.3. The molecule has 3 aliphatic carbocycles. The number of aryl methyl sites for hydroxylation is 1. The van der Waals surface area contributed by atoms with Crippen molar-refractivity contribution in [1.82, 2.24) is 0 Å². The summed E-state index contributed by atoms with van der Waals surface area (Å²) >= 11 is 0. The minimum Gasteiger partial charge on any atom is -0.508 e. The van der Waals surface area contributed by atoms with Gasteiger partial charge in [-0.15, -0.1) is 0 Å². The van der Waals surface area contributed by atoms with Crippen molar-refractivity contribution < 1.29 is 24.1 Å². The van der Waals surface area contributed by atoms with Crippen LogP contribution in [0.15, 0.2) is 35.9 Å². The molecule has 2 saturated carbocycles. The van der Waals surface area contributed by atoms with Crippen LogP contribution in [0.1, 0.15) is 55.2 Å². The summed E-state index contributed by atoms with van der Waals surface area (Å²) in [5.74, 6) is 3.68. The van der Waals surface area contributed by atoms with E-state index in [-0.39, 0.29) is 11.2 Å². The number of carbonyl (C=O) groups is 1. The van der Waals surface area contributed by atoms with Gasteiger partial charge in [0, 0.05) is 5.41 Å². The molecule has 33 heavy (non-hydrogen) atoms. The summed E-state index contributed by atoms with van der Waals surface area (Å²) in [4.78, 5) is 13.7. The van der Waals surface area contributed by atoms with E-state index in [0.717, 1.165) is 43.2 Å². The lowest BCUT2D eigenvalue weighted by Crippen LogP contribution is -2.42. The summed E-state index contributed by atoms with van der Waals surface area (Å²) in [6.45, 7) is 2.18. The van der Waals surface area contributed by atoms with E-state index >= 15 is 0 Å². The lowest BCUT2D eigenvalue weighted by Gasteiger charge is -2.48. The van der Waals surface area contributed by atoms with Crippen LogP contribution in [0.5, 0.6) is 23.0 Å². The molecule has 0 aromatic heterocycles. The fraction of sp³-hybridized carbons (Fsp3) is 0.464. The van der Waals surface area contributed by atoms with Crippen molar-refractivity contribution in [3.05, 3.63) is 52.6 Å². The Bertz CT molecular complexity index is 1110. The smallest absolute Gasteiger partial charge is 0.203 e. The van der Waals surface area contributed by atoms with Crippen LogP contribution in [0.3, 0.4) is 0 Å². The number of fused-ring (bicyclic) bond motifs is 5. The highest BCUT2D eigenvalue weighted by Gasteiger charge is 2.56. The minimum absolute atomic E-state index is 0.288. The van der Waals surface area contributed by atoms with Crippen molar-refractivity contribution in [2.75, 3.05) is 21.3 Å². The zero-order valence-corrected chi connectivity index (χ0v) is 19.8. The third-order valence-corrected chi connectivity index (χ3v) is 8.38. The molecule has 3 aliphatic rings. The van der Waals surface area contributed by atoms with Gasteiger partial charge in [-0.3, -0.25) is 4.79 Å². The van der Waals surface area contributed by atoms with E-state index in [0.29, 0.717) is 40.8 Å². The molecule has 1 N–H and O–H groups in total. The number of hydrogen-bond donors (Lipinski definition) is 1. The number of Topliss-reactive ketones (excluding diaryl/α,β-unsaturated/α-hetero) is 1. The maximum absolute atomic E-state index is 13.7. The number of rotatable bonds is 4. The van der Waals surface area contributed by atoms with E-state index < -0.39 is 0 Å². The molecule has 0 heterocycles. The second-order valence-corrected chi connectivity index (χ2v) is 9.92. The topological polar surface area (TPSA) is 65.0 Å². The molecular formula is C28H32O5. The van der Waals surface area contributed by atoms with Gasteiger partial charge < -0.3 is 19.3 Å². The summed E-state index contributed by atoms with van der Waals surface area (Å²) < 4.78 is 16.4. The van der Waals surface area contributed by atoms with Gasteiger partial charge in [0.1, 0.15) is 5.75 Å². The van der Waals surface area contributed by atoms with Crippen molar-refractivity contribution >= 4 is 11.9 Å². The molecule has 0 amide bonds. The van der Waals surface area contributed by atoms with Crippen LogP contribution in [0, 0.1) is 17.3 Å². The molecule has 174 valence electrons. The van der Waals surface area contributed by atoms with Gasteiger partial charge in [-0.2, -0.15) is 0 Å². The molecule has 0 saturated heterocycles. The third-order valence-electron chi connectivity index (χ3n) is 8.38. The molecule has 5 nitrogen and oxygen atoms in total. The number of phenolic OH excluding ortho intramolecular Hbond substituents is 1. The Morgan fingerprint density at radius 2 is 1.76 bits per heavy atom.